The molecule has 190 valence electrons. The first-order valence-corrected chi connectivity index (χ1v) is 12.9. The minimum Gasteiger partial charge on any atom is -0.374 e. The fourth-order valence-electron chi connectivity index (χ4n) is 4.42. The number of rotatable bonds is 9. The van der Waals surface area contributed by atoms with Crippen LogP contribution in [0.5, 0.6) is 0 Å². The second-order valence-electron chi connectivity index (χ2n) is 9.03. The third-order valence-electron chi connectivity index (χ3n) is 6.35. The maximum atomic E-state index is 13.6. The number of aromatic nitrogens is 1. The molecule has 0 radical (unpaired) electrons. The van der Waals surface area contributed by atoms with Crippen LogP contribution < -0.4 is 10.6 Å². The van der Waals surface area contributed by atoms with Gasteiger partial charge in [0.1, 0.15) is 17.7 Å². The molecular weight excluding hydrogens is 484 g/mol. The Labute approximate surface area is 213 Å². The molecule has 9 heteroatoms. The molecule has 1 aromatic heterocycles. The highest BCUT2D eigenvalue weighted by Crippen LogP contribution is 2.35. The van der Waals surface area contributed by atoms with E-state index in [0.717, 1.165) is 47.0 Å². The van der Waals surface area contributed by atoms with Crippen LogP contribution in [0.2, 0.25) is 0 Å². The van der Waals surface area contributed by atoms with Gasteiger partial charge in [-0.2, -0.15) is 0 Å². The lowest BCUT2D eigenvalue weighted by Crippen LogP contribution is -2.47. The van der Waals surface area contributed by atoms with E-state index in [1.165, 1.54) is 42.4 Å². The molecule has 2 aromatic carbocycles. The molecule has 1 heterocycles. The lowest BCUT2D eigenvalue weighted by atomic mass is 9.97. The predicted octanol–water partition coefficient (Wildman–Crippen LogP) is 5.39. The quantitative estimate of drug-likeness (QED) is 0.416. The molecule has 1 unspecified atom stereocenters. The van der Waals surface area contributed by atoms with Gasteiger partial charge in [-0.1, -0.05) is 54.9 Å². The first-order chi connectivity index (χ1) is 17.3. The van der Waals surface area contributed by atoms with E-state index in [9.17, 15) is 18.4 Å². The van der Waals surface area contributed by atoms with Gasteiger partial charge in [0.15, 0.2) is 5.13 Å². The third-order valence-corrected chi connectivity index (χ3v) is 7.38. The van der Waals surface area contributed by atoms with Gasteiger partial charge in [-0.15, -0.1) is 0 Å². The van der Waals surface area contributed by atoms with Gasteiger partial charge in [-0.25, -0.2) is 13.8 Å². The molecule has 1 aliphatic rings. The van der Waals surface area contributed by atoms with Gasteiger partial charge in [0.2, 0.25) is 11.8 Å². The molecular formula is C27H29F2N3O3S. The molecule has 36 heavy (non-hydrogen) atoms. The molecule has 1 aliphatic carbocycles. The van der Waals surface area contributed by atoms with Gasteiger partial charge in [0, 0.05) is 12.3 Å². The number of hydrogen-bond donors (Lipinski definition) is 1. The fourth-order valence-corrected chi connectivity index (χ4v) is 5.49. The first-order valence-electron chi connectivity index (χ1n) is 12.0. The van der Waals surface area contributed by atoms with Crippen LogP contribution in [0.25, 0.3) is 10.4 Å². The van der Waals surface area contributed by atoms with Crippen molar-refractivity contribution in [3.8, 4) is 10.4 Å². The number of hydrogen-bond acceptors (Lipinski definition) is 5. The number of anilines is 1. The first kappa shape index (κ1) is 25.9. The predicted molar refractivity (Wildman–Crippen MR) is 135 cm³/mol. The second-order valence-corrected chi connectivity index (χ2v) is 10.0. The molecule has 0 spiro atoms. The molecule has 4 rings (SSSR count). The zero-order chi connectivity index (χ0) is 25.7. The van der Waals surface area contributed by atoms with Crippen LogP contribution >= 0.6 is 11.3 Å². The summed E-state index contributed by atoms with van der Waals surface area (Å²) in [6.45, 7) is 1.97. The van der Waals surface area contributed by atoms with Crippen molar-refractivity contribution in [2.75, 3.05) is 4.90 Å². The summed E-state index contributed by atoms with van der Waals surface area (Å²) in [7, 11) is 0. The van der Waals surface area contributed by atoms with Crippen molar-refractivity contribution in [2.24, 2.45) is 5.73 Å². The zero-order valence-corrected chi connectivity index (χ0v) is 20.9. The number of amides is 2. The molecule has 2 amide bonds. The van der Waals surface area contributed by atoms with Crippen molar-refractivity contribution in [3.05, 3.63) is 71.4 Å². The second kappa shape index (κ2) is 11.7. The van der Waals surface area contributed by atoms with E-state index in [0.29, 0.717) is 6.61 Å². The normalized spacial score (nSPS) is 15.0. The SMILES string of the molecule is CC(C(N)=O)N(C(=O)Cc1cc(F)cc(F)c1)c1ncc(-c2ccccc2COC2CCCCC2)s1. The van der Waals surface area contributed by atoms with Crippen molar-refractivity contribution in [1.29, 1.82) is 0 Å². The van der Waals surface area contributed by atoms with Gasteiger partial charge in [-0.3, -0.25) is 14.5 Å². The minimum atomic E-state index is -1.00. The minimum absolute atomic E-state index is 0.154. The van der Waals surface area contributed by atoms with Crippen LogP contribution in [0.4, 0.5) is 13.9 Å². The molecule has 1 atom stereocenters. The average Bonchev–Trinajstić information content (AvgIpc) is 3.32. The highest BCUT2D eigenvalue weighted by atomic mass is 32.1. The Morgan fingerprint density at radius 3 is 2.53 bits per heavy atom. The molecule has 1 saturated carbocycles. The van der Waals surface area contributed by atoms with Crippen LogP contribution in [-0.2, 0) is 27.4 Å². The summed E-state index contributed by atoms with van der Waals surface area (Å²) in [6.07, 6.45) is 7.38. The van der Waals surface area contributed by atoms with Crippen LogP contribution in [0.1, 0.15) is 50.2 Å². The summed E-state index contributed by atoms with van der Waals surface area (Å²) in [5.41, 5.74) is 7.61. The Bertz CT molecular complexity index is 1210. The van der Waals surface area contributed by atoms with Crippen LogP contribution in [0.3, 0.4) is 0 Å². The van der Waals surface area contributed by atoms with E-state index >= 15 is 0 Å². The highest BCUT2D eigenvalue weighted by Gasteiger charge is 2.29. The molecule has 0 saturated heterocycles. The number of thiazole rings is 1. The Hall–Kier alpha value is -3.17. The van der Waals surface area contributed by atoms with Crippen LogP contribution in [-0.4, -0.2) is 28.9 Å². The topological polar surface area (TPSA) is 85.5 Å². The number of nitrogens with zero attached hydrogens (tertiary/aromatic N) is 2. The Morgan fingerprint density at radius 1 is 1.14 bits per heavy atom. The monoisotopic (exact) mass is 513 g/mol. The molecule has 1 fully saturated rings. The van der Waals surface area contributed by atoms with Crippen molar-refractivity contribution < 1.29 is 23.1 Å². The highest BCUT2D eigenvalue weighted by molar-refractivity contribution is 7.19. The van der Waals surface area contributed by atoms with Crippen molar-refractivity contribution in [1.82, 2.24) is 4.98 Å². The molecule has 0 aliphatic heterocycles. The number of carbonyl (C=O) groups excluding carboxylic acids is 2. The van der Waals surface area contributed by atoms with E-state index in [2.05, 4.69) is 4.98 Å². The van der Waals surface area contributed by atoms with E-state index in [1.54, 1.807) is 6.20 Å². The maximum Gasteiger partial charge on any atom is 0.240 e. The van der Waals surface area contributed by atoms with Gasteiger partial charge >= 0.3 is 0 Å². The summed E-state index contributed by atoms with van der Waals surface area (Å²) in [5.74, 6) is -2.82. The number of carbonyl (C=O) groups is 2. The average molecular weight is 514 g/mol. The van der Waals surface area contributed by atoms with E-state index < -0.39 is 29.5 Å². The number of ether oxygens (including phenoxy) is 1. The van der Waals surface area contributed by atoms with Gasteiger partial charge in [0.25, 0.3) is 0 Å². The maximum absolute atomic E-state index is 13.6. The van der Waals surface area contributed by atoms with Crippen LogP contribution in [0, 0.1) is 11.6 Å². The summed E-state index contributed by atoms with van der Waals surface area (Å²) in [6, 6.07) is 9.76. The van der Waals surface area contributed by atoms with Gasteiger partial charge in [-0.05, 0) is 48.6 Å². The Morgan fingerprint density at radius 2 is 1.83 bits per heavy atom. The standard InChI is InChI=1S/C27H29F2N3O3S/c1-17(26(30)34)32(25(33)13-18-11-20(28)14-21(29)12-18)27-31-15-24(36-27)23-10-6-5-7-19(23)16-35-22-8-3-2-4-9-22/h5-7,10-12,14-15,17,22H,2-4,8-9,13,16H2,1H3,(H2,30,34). The number of benzene rings is 2. The van der Waals surface area contributed by atoms with Crippen LogP contribution in [0.15, 0.2) is 48.7 Å². The van der Waals surface area contributed by atoms with Gasteiger partial charge < -0.3 is 10.5 Å². The third kappa shape index (κ3) is 6.33. The van der Waals surface area contributed by atoms with Crippen molar-refractivity contribution in [2.45, 2.75) is 64.2 Å². The lowest BCUT2D eigenvalue weighted by Gasteiger charge is -2.24. The van der Waals surface area contributed by atoms with Gasteiger partial charge in [0.05, 0.1) is 24.0 Å². The number of primary amides is 1. The summed E-state index contributed by atoms with van der Waals surface area (Å²) in [5, 5.41) is 0.279. The summed E-state index contributed by atoms with van der Waals surface area (Å²) >= 11 is 1.24. The van der Waals surface area contributed by atoms with E-state index in [4.69, 9.17) is 10.5 Å². The van der Waals surface area contributed by atoms with Crippen molar-refractivity contribution in [3.63, 3.8) is 0 Å². The number of halogens is 2. The number of nitrogens with two attached hydrogens (primary N) is 1. The zero-order valence-electron chi connectivity index (χ0n) is 20.1. The molecule has 2 N–H and O–H groups in total. The lowest BCUT2D eigenvalue weighted by molar-refractivity contribution is -0.124. The molecule has 3 aromatic rings. The van der Waals surface area contributed by atoms with E-state index in [1.807, 2.05) is 24.3 Å². The van der Waals surface area contributed by atoms with E-state index in [-0.39, 0.29) is 23.2 Å². The Kier molecular flexibility index (Phi) is 8.43. The Balaban J connectivity index is 1.57. The smallest absolute Gasteiger partial charge is 0.240 e. The fraction of sp³-hybridized carbons (Fsp3) is 0.370. The molecule has 6 nitrogen and oxygen atoms in total. The largest absolute Gasteiger partial charge is 0.374 e. The molecule has 0 bridgehead atoms. The van der Waals surface area contributed by atoms with Crippen molar-refractivity contribution >= 4 is 28.3 Å². The summed E-state index contributed by atoms with van der Waals surface area (Å²) < 4.78 is 33.5. The summed E-state index contributed by atoms with van der Waals surface area (Å²) in [4.78, 5) is 31.6.